The predicted molar refractivity (Wildman–Crippen MR) is 132 cm³/mol. The lowest BCUT2D eigenvalue weighted by atomic mass is 9.90. The van der Waals surface area contributed by atoms with Gasteiger partial charge in [-0.05, 0) is 87.8 Å². The third-order valence-corrected chi connectivity index (χ3v) is 7.11. The van der Waals surface area contributed by atoms with Crippen LogP contribution in [0.1, 0.15) is 38.5 Å². The molecule has 0 spiro atoms. The fraction of sp³-hybridized carbons (Fsp3) is 0.481. The van der Waals surface area contributed by atoms with Crippen LogP contribution in [0.4, 0.5) is 5.69 Å². The van der Waals surface area contributed by atoms with E-state index >= 15 is 0 Å². The maximum absolute atomic E-state index is 6.01. The summed E-state index contributed by atoms with van der Waals surface area (Å²) in [7, 11) is 4.31. The van der Waals surface area contributed by atoms with Crippen LogP contribution in [0.25, 0.3) is 22.9 Å². The third-order valence-electron chi connectivity index (χ3n) is 7.11. The highest BCUT2D eigenvalue weighted by molar-refractivity contribution is 5.62. The maximum Gasteiger partial charge on any atom is 0.248 e. The van der Waals surface area contributed by atoms with Crippen molar-refractivity contribution in [2.45, 2.75) is 44.6 Å². The zero-order chi connectivity index (χ0) is 22.6. The Morgan fingerprint density at radius 3 is 2.12 bits per heavy atom. The average Bonchev–Trinajstić information content (AvgIpc) is 3.55. The van der Waals surface area contributed by atoms with Crippen LogP contribution in [0.3, 0.4) is 0 Å². The summed E-state index contributed by atoms with van der Waals surface area (Å²) in [6.45, 7) is 2.97. The molecule has 6 heteroatoms. The SMILES string of the molecule is CN(C)C1CCN(c2ccc(-c3nnc(-c4ccc(OCC5CCCCC5)cc4)o3)cc2)C1. The van der Waals surface area contributed by atoms with Crippen LogP contribution in [0.15, 0.2) is 52.9 Å². The Morgan fingerprint density at radius 2 is 1.52 bits per heavy atom. The number of likely N-dealkylation sites (N-methyl/N-ethyl adjacent to an activating group) is 1. The molecule has 2 fully saturated rings. The van der Waals surface area contributed by atoms with E-state index in [4.69, 9.17) is 9.15 Å². The molecule has 2 aliphatic rings. The fourth-order valence-corrected chi connectivity index (χ4v) is 4.93. The van der Waals surface area contributed by atoms with Crippen molar-refractivity contribution >= 4 is 5.69 Å². The molecule has 33 heavy (non-hydrogen) atoms. The number of aromatic nitrogens is 2. The highest BCUT2D eigenvalue weighted by atomic mass is 16.5. The van der Waals surface area contributed by atoms with E-state index in [0.29, 0.717) is 23.7 Å². The molecule has 1 aliphatic heterocycles. The van der Waals surface area contributed by atoms with E-state index in [0.717, 1.165) is 36.6 Å². The van der Waals surface area contributed by atoms with Crippen molar-refractivity contribution in [2.24, 2.45) is 5.92 Å². The smallest absolute Gasteiger partial charge is 0.248 e. The molecule has 2 heterocycles. The normalized spacial score (nSPS) is 19.4. The Bertz CT molecular complexity index is 1020. The van der Waals surface area contributed by atoms with Crippen molar-refractivity contribution in [3.63, 3.8) is 0 Å². The van der Waals surface area contributed by atoms with E-state index in [2.05, 4.69) is 58.4 Å². The summed E-state index contributed by atoms with van der Waals surface area (Å²) in [5, 5.41) is 8.54. The van der Waals surface area contributed by atoms with E-state index < -0.39 is 0 Å². The number of hydrogen-bond donors (Lipinski definition) is 0. The van der Waals surface area contributed by atoms with Crippen molar-refractivity contribution in [1.82, 2.24) is 15.1 Å². The van der Waals surface area contributed by atoms with Gasteiger partial charge in [0.05, 0.1) is 6.61 Å². The van der Waals surface area contributed by atoms with Crippen molar-refractivity contribution in [1.29, 1.82) is 0 Å². The van der Waals surface area contributed by atoms with Crippen molar-refractivity contribution in [3.8, 4) is 28.7 Å². The average molecular weight is 447 g/mol. The van der Waals surface area contributed by atoms with Crippen LogP contribution >= 0.6 is 0 Å². The van der Waals surface area contributed by atoms with Crippen LogP contribution in [-0.2, 0) is 0 Å². The van der Waals surface area contributed by atoms with Gasteiger partial charge in [-0.25, -0.2) is 0 Å². The predicted octanol–water partition coefficient (Wildman–Crippen LogP) is 5.50. The minimum absolute atomic E-state index is 0.529. The highest BCUT2D eigenvalue weighted by Crippen LogP contribution is 2.29. The van der Waals surface area contributed by atoms with Crippen LogP contribution in [-0.4, -0.2) is 54.9 Å². The Morgan fingerprint density at radius 1 is 0.879 bits per heavy atom. The van der Waals surface area contributed by atoms with E-state index in [9.17, 15) is 0 Å². The third kappa shape index (κ3) is 5.22. The van der Waals surface area contributed by atoms with E-state index in [1.165, 1.54) is 44.2 Å². The number of ether oxygens (including phenoxy) is 1. The van der Waals surface area contributed by atoms with Gasteiger partial charge < -0.3 is 19.0 Å². The zero-order valence-corrected chi connectivity index (χ0v) is 19.7. The lowest BCUT2D eigenvalue weighted by Crippen LogP contribution is -2.31. The minimum atomic E-state index is 0.529. The van der Waals surface area contributed by atoms with Gasteiger partial charge in [0.15, 0.2) is 0 Å². The molecule has 1 saturated heterocycles. The number of hydrogen-bond acceptors (Lipinski definition) is 6. The first-order valence-electron chi connectivity index (χ1n) is 12.2. The van der Waals surface area contributed by atoms with Gasteiger partial charge in [-0.2, -0.15) is 0 Å². The van der Waals surface area contributed by atoms with E-state index in [1.54, 1.807) is 0 Å². The van der Waals surface area contributed by atoms with Gasteiger partial charge in [0.25, 0.3) is 0 Å². The first-order chi connectivity index (χ1) is 16.2. The molecule has 1 atom stereocenters. The molecule has 0 N–H and O–H groups in total. The molecule has 1 saturated carbocycles. The largest absolute Gasteiger partial charge is 0.493 e. The molecule has 0 bridgehead atoms. The quantitative estimate of drug-likeness (QED) is 0.477. The molecule has 2 aromatic carbocycles. The van der Waals surface area contributed by atoms with Gasteiger partial charge in [0.2, 0.25) is 11.8 Å². The van der Waals surface area contributed by atoms with Crippen molar-refractivity contribution in [2.75, 3.05) is 38.7 Å². The van der Waals surface area contributed by atoms with Crippen molar-refractivity contribution in [3.05, 3.63) is 48.5 Å². The molecule has 0 radical (unpaired) electrons. The van der Waals surface area contributed by atoms with Crippen LogP contribution in [0.2, 0.25) is 0 Å². The van der Waals surface area contributed by atoms with E-state index in [1.807, 2.05) is 24.3 Å². The maximum atomic E-state index is 6.01. The molecule has 6 nitrogen and oxygen atoms in total. The van der Waals surface area contributed by atoms with Gasteiger partial charge in [-0.15, -0.1) is 10.2 Å². The summed E-state index contributed by atoms with van der Waals surface area (Å²) in [5.74, 6) is 2.67. The first-order valence-corrected chi connectivity index (χ1v) is 12.2. The Labute approximate surface area is 196 Å². The zero-order valence-electron chi connectivity index (χ0n) is 19.7. The van der Waals surface area contributed by atoms with Crippen molar-refractivity contribution < 1.29 is 9.15 Å². The van der Waals surface area contributed by atoms with Gasteiger partial charge in [-0.1, -0.05) is 19.3 Å². The monoisotopic (exact) mass is 446 g/mol. The molecular weight excluding hydrogens is 412 g/mol. The number of anilines is 1. The second-order valence-electron chi connectivity index (χ2n) is 9.65. The van der Waals surface area contributed by atoms with E-state index in [-0.39, 0.29) is 0 Å². The summed E-state index contributed by atoms with van der Waals surface area (Å²) in [5.41, 5.74) is 3.09. The topological polar surface area (TPSA) is 54.6 Å². The van der Waals surface area contributed by atoms with Gasteiger partial charge >= 0.3 is 0 Å². The summed E-state index contributed by atoms with van der Waals surface area (Å²) < 4.78 is 12.0. The molecule has 3 aromatic rings. The molecule has 1 aromatic heterocycles. The van der Waals surface area contributed by atoms with Gasteiger partial charge in [-0.3, -0.25) is 0 Å². The Balaban J connectivity index is 1.20. The fourth-order valence-electron chi connectivity index (χ4n) is 4.93. The standard InChI is InChI=1S/C27H34N4O2/c1-30(2)24-16-17-31(18-24)23-12-8-21(9-13-23)26-28-29-27(33-26)22-10-14-25(15-11-22)32-19-20-6-4-3-5-7-20/h8-15,20,24H,3-7,16-19H2,1-2H3. The molecule has 5 rings (SSSR count). The van der Waals surface area contributed by atoms with Gasteiger partial charge in [0.1, 0.15) is 5.75 Å². The molecule has 174 valence electrons. The Hall–Kier alpha value is -2.86. The van der Waals surface area contributed by atoms with Gasteiger partial charge in [0, 0.05) is 35.9 Å². The number of rotatable bonds is 7. The van der Waals surface area contributed by atoms with Crippen LogP contribution in [0, 0.1) is 5.92 Å². The molecule has 1 aliphatic carbocycles. The summed E-state index contributed by atoms with van der Waals surface area (Å²) in [6, 6.07) is 17.0. The lowest BCUT2D eigenvalue weighted by Gasteiger charge is -2.21. The van der Waals surface area contributed by atoms with Crippen LogP contribution < -0.4 is 9.64 Å². The number of nitrogens with zero attached hydrogens (tertiary/aromatic N) is 4. The highest BCUT2D eigenvalue weighted by Gasteiger charge is 2.24. The second-order valence-corrected chi connectivity index (χ2v) is 9.65. The lowest BCUT2D eigenvalue weighted by molar-refractivity contribution is 0.209. The minimum Gasteiger partial charge on any atom is -0.493 e. The second kappa shape index (κ2) is 9.96. The molecule has 0 amide bonds. The number of benzene rings is 2. The van der Waals surface area contributed by atoms with Crippen LogP contribution in [0.5, 0.6) is 5.75 Å². The summed E-state index contributed by atoms with van der Waals surface area (Å²) in [4.78, 5) is 4.75. The molecular formula is C27H34N4O2. The summed E-state index contributed by atoms with van der Waals surface area (Å²) in [6.07, 6.45) is 7.83. The first kappa shape index (κ1) is 22.0. The molecule has 1 unspecified atom stereocenters. The summed E-state index contributed by atoms with van der Waals surface area (Å²) >= 11 is 0. The Kier molecular flexibility index (Phi) is 6.63.